The van der Waals surface area contributed by atoms with Crippen LogP contribution in [0.15, 0.2) is 66.9 Å². The van der Waals surface area contributed by atoms with Crippen LogP contribution in [0, 0.1) is 0 Å². The van der Waals surface area contributed by atoms with E-state index in [1.165, 1.54) is 12.1 Å². The molecule has 12 heteroatoms. The first kappa shape index (κ1) is 31.0. The minimum absolute atomic E-state index is 0.288. The number of aromatic nitrogens is 1. The average Bonchev–Trinajstić information content (AvgIpc) is 3.31. The van der Waals surface area contributed by atoms with E-state index in [0.29, 0.717) is 41.7 Å². The van der Waals surface area contributed by atoms with E-state index in [-0.39, 0.29) is 5.75 Å². The van der Waals surface area contributed by atoms with Crippen molar-refractivity contribution in [1.29, 1.82) is 0 Å². The number of halogens is 5. The van der Waals surface area contributed by atoms with Crippen LogP contribution in [0.5, 0.6) is 5.75 Å². The number of ether oxygens (including phenoxy) is 1. The molecule has 2 N–H and O–H groups in total. The summed E-state index contributed by atoms with van der Waals surface area (Å²) in [6.07, 6.45) is -2.62. The van der Waals surface area contributed by atoms with E-state index in [1.54, 1.807) is 12.1 Å². The molecule has 0 atom stereocenters. The van der Waals surface area contributed by atoms with Gasteiger partial charge in [-0.05, 0) is 66.4 Å². The number of carboxylic acid groups (broad SMARTS) is 1. The molecule has 0 bridgehead atoms. The largest absolute Gasteiger partial charge is 0.573 e. The summed E-state index contributed by atoms with van der Waals surface area (Å²) in [6.45, 7) is 5.27. The number of nitrogens with zero attached hydrogens (tertiary/aromatic N) is 3. The number of nitrogens with one attached hydrogen (secondary N) is 1. The van der Waals surface area contributed by atoms with Gasteiger partial charge in [-0.2, -0.15) is 0 Å². The fourth-order valence-electron chi connectivity index (χ4n) is 5.41. The highest BCUT2D eigenvalue weighted by atomic mass is 35.5. The van der Waals surface area contributed by atoms with E-state index in [9.17, 15) is 18.0 Å². The van der Waals surface area contributed by atoms with Crippen LogP contribution in [0.2, 0.25) is 10.0 Å². The number of fused-ring (bicyclic) bond motifs is 1. The van der Waals surface area contributed by atoms with Gasteiger partial charge in [-0.25, -0.2) is 4.79 Å². The van der Waals surface area contributed by atoms with Crippen molar-refractivity contribution < 1.29 is 27.8 Å². The molecule has 1 saturated heterocycles. The third-order valence-electron chi connectivity index (χ3n) is 7.51. The molecular weight excluding hydrogens is 604 g/mol. The highest BCUT2D eigenvalue weighted by Crippen LogP contribution is 2.30. The maximum Gasteiger partial charge on any atom is 0.573 e. The number of rotatable bonds is 10. The van der Waals surface area contributed by atoms with Crippen molar-refractivity contribution >= 4 is 40.2 Å². The van der Waals surface area contributed by atoms with Crippen LogP contribution >= 0.6 is 23.2 Å². The molecule has 3 aromatic carbocycles. The lowest BCUT2D eigenvalue weighted by Gasteiger charge is -2.35. The van der Waals surface area contributed by atoms with Gasteiger partial charge in [0.1, 0.15) is 5.75 Å². The van der Waals surface area contributed by atoms with Crippen LogP contribution in [-0.2, 0) is 19.5 Å². The van der Waals surface area contributed by atoms with Gasteiger partial charge < -0.3 is 19.7 Å². The number of aryl methyl sites for hydroxylation is 1. The lowest BCUT2D eigenvalue weighted by atomic mass is 10.1. The topological polar surface area (TPSA) is 70.0 Å². The predicted molar refractivity (Wildman–Crippen MR) is 161 cm³/mol. The van der Waals surface area contributed by atoms with E-state index in [1.807, 2.05) is 29.0 Å². The maximum absolute atomic E-state index is 12.7. The fourth-order valence-corrected chi connectivity index (χ4v) is 5.92. The molecule has 1 aliphatic rings. The van der Waals surface area contributed by atoms with Gasteiger partial charge in [0.15, 0.2) is 0 Å². The quantitative estimate of drug-likeness (QED) is 0.178. The zero-order valence-corrected chi connectivity index (χ0v) is 24.7. The van der Waals surface area contributed by atoms with Crippen molar-refractivity contribution in [1.82, 2.24) is 19.7 Å². The summed E-state index contributed by atoms with van der Waals surface area (Å²) in [5, 5.41) is 13.6. The molecule has 0 aliphatic carbocycles. The van der Waals surface area contributed by atoms with Crippen molar-refractivity contribution in [2.45, 2.75) is 32.3 Å². The SMILES string of the molecule is O=C(O)NCCCc1cn(-c2ccc(OC(F)(F)F)cc2)c2cc(CN3CCN(Cc4c(Cl)cccc4Cl)CC3)ccc12. The molecule has 0 unspecified atom stereocenters. The highest BCUT2D eigenvalue weighted by molar-refractivity contribution is 6.35. The average molecular weight is 636 g/mol. The zero-order valence-electron chi connectivity index (χ0n) is 23.2. The van der Waals surface area contributed by atoms with Gasteiger partial charge >= 0.3 is 12.5 Å². The van der Waals surface area contributed by atoms with E-state index in [4.69, 9.17) is 28.3 Å². The first-order chi connectivity index (χ1) is 20.6. The van der Waals surface area contributed by atoms with Gasteiger partial charge in [0.2, 0.25) is 0 Å². The lowest BCUT2D eigenvalue weighted by Crippen LogP contribution is -2.45. The second-order valence-electron chi connectivity index (χ2n) is 10.5. The molecule has 7 nitrogen and oxygen atoms in total. The summed E-state index contributed by atoms with van der Waals surface area (Å²) in [5.74, 6) is -0.288. The van der Waals surface area contributed by atoms with Gasteiger partial charge in [0.25, 0.3) is 0 Å². The summed E-state index contributed by atoms with van der Waals surface area (Å²) in [6, 6.07) is 17.6. The van der Waals surface area contributed by atoms with Crippen molar-refractivity contribution in [2.75, 3.05) is 32.7 Å². The van der Waals surface area contributed by atoms with Gasteiger partial charge in [0.05, 0.1) is 5.52 Å². The summed E-state index contributed by atoms with van der Waals surface area (Å²) in [5.41, 5.74) is 4.70. The Morgan fingerprint density at radius 2 is 1.58 bits per heavy atom. The molecule has 1 fully saturated rings. The van der Waals surface area contributed by atoms with Gasteiger partial charge in [-0.3, -0.25) is 9.80 Å². The molecule has 1 aromatic heterocycles. The van der Waals surface area contributed by atoms with Gasteiger partial charge in [0, 0.05) is 78.7 Å². The molecule has 4 aromatic rings. The molecule has 43 heavy (non-hydrogen) atoms. The Labute approximate surface area is 257 Å². The summed E-state index contributed by atoms with van der Waals surface area (Å²) < 4.78 is 44.0. The first-order valence-electron chi connectivity index (χ1n) is 13.9. The number of benzene rings is 3. The van der Waals surface area contributed by atoms with Crippen LogP contribution < -0.4 is 10.1 Å². The Morgan fingerprint density at radius 3 is 2.21 bits per heavy atom. The summed E-state index contributed by atoms with van der Waals surface area (Å²) >= 11 is 12.7. The minimum Gasteiger partial charge on any atom is -0.465 e. The van der Waals surface area contributed by atoms with Crippen LogP contribution in [0.1, 0.15) is 23.1 Å². The van der Waals surface area contributed by atoms with Crippen molar-refractivity contribution in [2.24, 2.45) is 0 Å². The number of alkyl halides is 3. The fraction of sp³-hybridized carbons (Fsp3) is 0.323. The normalized spacial score (nSPS) is 14.7. The summed E-state index contributed by atoms with van der Waals surface area (Å²) in [4.78, 5) is 15.6. The molecule has 228 valence electrons. The minimum atomic E-state index is -4.76. The van der Waals surface area contributed by atoms with E-state index < -0.39 is 12.5 Å². The molecule has 0 radical (unpaired) electrons. The van der Waals surface area contributed by atoms with Crippen LogP contribution in [0.3, 0.4) is 0 Å². The Balaban J connectivity index is 1.32. The molecule has 1 aliphatic heterocycles. The second kappa shape index (κ2) is 13.5. The third kappa shape index (κ3) is 8.14. The number of piperazine rings is 1. The zero-order chi connectivity index (χ0) is 30.6. The molecule has 2 heterocycles. The smallest absolute Gasteiger partial charge is 0.465 e. The van der Waals surface area contributed by atoms with E-state index >= 15 is 0 Å². The third-order valence-corrected chi connectivity index (χ3v) is 8.22. The number of hydrogen-bond acceptors (Lipinski definition) is 4. The van der Waals surface area contributed by atoms with Crippen LogP contribution in [-0.4, -0.2) is 64.7 Å². The molecule has 0 spiro atoms. The predicted octanol–water partition coefficient (Wildman–Crippen LogP) is 7.35. The number of amides is 1. The van der Waals surface area contributed by atoms with E-state index in [0.717, 1.165) is 60.3 Å². The lowest BCUT2D eigenvalue weighted by molar-refractivity contribution is -0.274. The maximum atomic E-state index is 12.7. The summed E-state index contributed by atoms with van der Waals surface area (Å²) in [7, 11) is 0. The Bertz CT molecular complexity index is 1550. The van der Waals surface area contributed by atoms with Gasteiger partial charge in [-0.15, -0.1) is 13.2 Å². The Hall–Kier alpha value is -3.44. The van der Waals surface area contributed by atoms with Crippen LogP contribution in [0.4, 0.5) is 18.0 Å². The first-order valence-corrected chi connectivity index (χ1v) is 14.6. The number of carbonyl (C=O) groups is 1. The molecular formula is C31H31Cl2F3N4O3. The van der Waals surface area contributed by atoms with Crippen molar-refractivity contribution in [3.63, 3.8) is 0 Å². The molecule has 5 rings (SSSR count). The van der Waals surface area contributed by atoms with E-state index in [2.05, 4.69) is 38.1 Å². The molecule has 0 saturated carbocycles. The van der Waals surface area contributed by atoms with Crippen molar-refractivity contribution in [3.8, 4) is 11.4 Å². The highest BCUT2D eigenvalue weighted by Gasteiger charge is 2.31. The van der Waals surface area contributed by atoms with Gasteiger partial charge in [-0.1, -0.05) is 41.4 Å². The number of hydrogen-bond donors (Lipinski definition) is 2. The Kier molecular flexibility index (Phi) is 9.71. The standard InChI is InChI=1S/C31H31Cl2F3N4O3/c32-27-4-1-5-28(33)26(27)20-39-15-13-38(14-16-39)18-21-6-11-25-22(3-2-12-37-30(41)42)19-40(29(25)17-21)23-7-9-24(10-8-23)43-31(34,35)36/h1,4-11,17,19,37H,2-3,12-16,18,20H2,(H,41,42). The van der Waals surface area contributed by atoms with Crippen molar-refractivity contribution in [3.05, 3.63) is 93.6 Å². The molecule has 1 amide bonds. The monoisotopic (exact) mass is 634 g/mol. The second-order valence-corrected chi connectivity index (χ2v) is 11.3. The van der Waals surface area contributed by atoms with Crippen LogP contribution in [0.25, 0.3) is 16.6 Å². The Morgan fingerprint density at radius 1 is 0.930 bits per heavy atom.